The van der Waals surface area contributed by atoms with Crippen LogP contribution >= 0.6 is 0 Å². The van der Waals surface area contributed by atoms with Crippen LogP contribution in [0.15, 0.2) is 60.7 Å². The van der Waals surface area contributed by atoms with Crippen LogP contribution < -0.4 is 0 Å². The number of carbonyl (C=O) groups is 2. The van der Waals surface area contributed by atoms with Gasteiger partial charge in [-0.2, -0.15) is 0 Å². The molecule has 0 bridgehead atoms. The zero-order chi connectivity index (χ0) is 17.6. The summed E-state index contributed by atoms with van der Waals surface area (Å²) in [5.74, 6) is -1.51. The highest BCUT2D eigenvalue weighted by Gasteiger charge is 2.42. The maximum atomic E-state index is 13.1. The zero-order valence-corrected chi connectivity index (χ0v) is 13.6. The van der Waals surface area contributed by atoms with Gasteiger partial charge in [0.2, 0.25) is 0 Å². The van der Waals surface area contributed by atoms with Crippen LogP contribution in [0.4, 0.5) is 0 Å². The molecule has 2 aromatic rings. The minimum atomic E-state index is -1.85. The van der Waals surface area contributed by atoms with Crippen molar-refractivity contribution in [1.29, 1.82) is 0 Å². The third kappa shape index (κ3) is 3.63. The second-order valence-corrected chi connectivity index (χ2v) is 5.47. The SMILES string of the molecule is CCN(CCC(=O)O)C(=O)C(O)(c1ccccc1)c1ccccc1. The van der Waals surface area contributed by atoms with Crippen LogP contribution in [0.1, 0.15) is 24.5 Å². The Hall–Kier alpha value is -2.66. The Balaban J connectivity index is 2.46. The first-order chi connectivity index (χ1) is 11.5. The number of nitrogens with zero attached hydrogens (tertiary/aromatic N) is 1. The standard InChI is InChI=1S/C19H21NO4/c1-2-20(14-13-17(21)22)18(23)19(24,15-9-5-3-6-10-15)16-11-7-4-8-12-16/h3-12,24H,2,13-14H2,1H3,(H,21,22). The number of carbonyl (C=O) groups excluding carboxylic acids is 1. The molecule has 0 saturated heterocycles. The van der Waals surface area contributed by atoms with E-state index in [4.69, 9.17) is 5.11 Å². The van der Waals surface area contributed by atoms with Gasteiger partial charge in [-0.05, 0) is 18.1 Å². The number of likely N-dealkylation sites (N-methyl/N-ethyl adjacent to an activating group) is 1. The quantitative estimate of drug-likeness (QED) is 0.817. The molecule has 24 heavy (non-hydrogen) atoms. The van der Waals surface area contributed by atoms with Crippen LogP contribution in [0.25, 0.3) is 0 Å². The highest BCUT2D eigenvalue weighted by atomic mass is 16.4. The normalized spacial score (nSPS) is 11.1. The molecule has 1 amide bonds. The Morgan fingerprint density at radius 3 is 1.79 bits per heavy atom. The highest BCUT2D eigenvalue weighted by molar-refractivity contribution is 5.90. The van der Waals surface area contributed by atoms with Crippen LogP contribution in [0.2, 0.25) is 0 Å². The van der Waals surface area contributed by atoms with Gasteiger partial charge in [-0.3, -0.25) is 9.59 Å². The maximum Gasteiger partial charge on any atom is 0.305 e. The van der Waals surface area contributed by atoms with E-state index in [1.54, 1.807) is 67.6 Å². The van der Waals surface area contributed by atoms with Gasteiger partial charge >= 0.3 is 5.97 Å². The largest absolute Gasteiger partial charge is 0.481 e. The summed E-state index contributed by atoms with van der Waals surface area (Å²) in [6.07, 6.45) is -0.167. The van der Waals surface area contributed by atoms with Crippen LogP contribution in [-0.4, -0.2) is 40.1 Å². The van der Waals surface area contributed by atoms with Gasteiger partial charge in [0.15, 0.2) is 5.60 Å². The van der Waals surface area contributed by atoms with E-state index in [-0.39, 0.29) is 13.0 Å². The zero-order valence-electron chi connectivity index (χ0n) is 13.6. The van der Waals surface area contributed by atoms with Gasteiger partial charge in [0.1, 0.15) is 0 Å². The predicted octanol–water partition coefficient (Wildman–Crippen LogP) is 2.25. The molecule has 0 aromatic heterocycles. The molecule has 5 heteroatoms. The van der Waals surface area contributed by atoms with Crippen LogP contribution in [0, 0.1) is 0 Å². The molecule has 2 aromatic carbocycles. The fraction of sp³-hybridized carbons (Fsp3) is 0.263. The van der Waals surface area contributed by atoms with E-state index in [0.717, 1.165) is 0 Å². The molecule has 0 spiro atoms. The third-order valence-corrected chi connectivity index (χ3v) is 3.96. The molecule has 0 aliphatic heterocycles. The van der Waals surface area contributed by atoms with Crippen LogP contribution in [-0.2, 0) is 15.2 Å². The first kappa shape index (κ1) is 17.7. The summed E-state index contributed by atoms with van der Waals surface area (Å²) in [4.78, 5) is 25.3. The molecule has 0 radical (unpaired) electrons. The summed E-state index contributed by atoms with van der Waals surface area (Å²) in [6.45, 7) is 2.12. The van der Waals surface area contributed by atoms with E-state index < -0.39 is 17.5 Å². The Labute approximate surface area is 141 Å². The number of hydrogen-bond donors (Lipinski definition) is 2. The smallest absolute Gasteiger partial charge is 0.305 e. The van der Waals surface area contributed by atoms with Crippen molar-refractivity contribution in [2.24, 2.45) is 0 Å². The molecule has 0 unspecified atom stereocenters. The number of hydrogen-bond acceptors (Lipinski definition) is 3. The second-order valence-electron chi connectivity index (χ2n) is 5.47. The Morgan fingerprint density at radius 1 is 0.958 bits per heavy atom. The van der Waals surface area contributed by atoms with E-state index >= 15 is 0 Å². The number of aliphatic carboxylic acids is 1. The molecule has 126 valence electrons. The number of carboxylic acid groups (broad SMARTS) is 1. The fourth-order valence-electron chi connectivity index (χ4n) is 2.64. The molecular formula is C19H21NO4. The summed E-state index contributed by atoms with van der Waals surface area (Å²) in [6, 6.07) is 17.4. The van der Waals surface area contributed by atoms with Gasteiger partial charge in [-0.1, -0.05) is 60.7 Å². The molecule has 5 nitrogen and oxygen atoms in total. The lowest BCUT2D eigenvalue weighted by Crippen LogP contribution is -2.48. The molecule has 0 aliphatic carbocycles. The van der Waals surface area contributed by atoms with Crippen molar-refractivity contribution in [3.63, 3.8) is 0 Å². The van der Waals surface area contributed by atoms with Crippen molar-refractivity contribution in [3.05, 3.63) is 71.8 Å². The van der Waals surface area contributed by atoms with Crippen molar-refractivity contribution >= 4 is 11.9 Å². The Kier molecular flexibility index (Phi) is 5.71. The van der Waals surface area contributed by atoms with Crippen LogP contribution in [0.5, 0.6) is 0 Å². The maximum absolute atomic E-state index is 13.1. The van der Waals surface area contributed by atoms with Crippen molar-refractivity contribution < 1.29 is 19.8 Å². The van der Waals surface area contributed by atoms with Gasteiger partial charge in [0, 0.05) is 13.1 Å². The molecule has 0 atom stereocenters. The summed E-state index contributed by atoms with van der Waals surface area (Å²) in [5, 5.41) is 20.2. The molecule has 0 fully saturated rings. The van der Waals surface area contributed by atoms with Gasteiger partial charge < -0.3 is 15.1 Å². The Bertz CT molecular complexity index is 646. The number of benzene rings is 2. The molecule has 2 rings (SSSR count). The van der Waals surface area contributed by atoms with Gasteiger partial charge in [-0.15, -0.1) is 0 Å². The van der Waals surface area contributed by atoms with E-state index in [2.05, 4.69) is 0 Å². The summed E-state index contributed by atoms with van der Waals surface area (Å²) >= 11 is 0. The third-order valence-electron chi connectivity index (χ3n) is 3.96. The van der Waals surface area contributed by atoms with Crippen molar-refractivity contribution in [2.75, 3.05) is 13.1 Å². The molecule has 0 heterocycles. The summed E-state index contributed by atoms with van der Waals surface area (Å²) in [5.41, 5.74) is -0.943. The summed E-state index contributed by atoms with van der Waals surface area (Å²) in [7, 11) is 0. The average molecular weight is 327 g/mol. The van der Waals surface area contributed by atoms with E-state index in [1.165, 1.54) is 4.90 Å². The van der Waals surface area contributed by atoms with Crippen LogP contribution in [0.3, 0.4) is 0 Å². The first-order valence-corrected chi connectivity index (χ1v) is 7.84. The fourth-order valence-corrected chi connectivity index (χ4v) is 2.64. The van der Waals surface area contributed by atoms with Crippen molar-refractivity contribution in [3.8, 4) is 0 Å². The summed E-state index contributed by atoms with van der Waals surface area (Å²) < 4.78 is 0. The minimum Gasteiger partial charge on any atom is -0.481 e. The van der Waals surface area contributed by atoms with E-state index in [1.807, 2.05) is 0 Å². The van der Waals surface area contributed by atoms with Crippen molar-refractivity contribution in [2.45, 2.75) is 18.9 Å². The van der Waals surface area contributed by atoms with Gasteiger partial charge in [0.05, 0.1) is 6.42 Å². The second kappa shape index (κ2) is 7.75. The topological polar surface area (TPSA) is 77.8 Å². The van der Waals surface area contributed by atoms with E-state index in [0.29, 0.717) is 17.7 Å². The average Bonchev–Trinajstić information content (AvgIpc) is 2.62. The van der Waals surface area contributed by atoms with Gasteiger partial charge in [-0.25, -0.2) is 0 Å². The van der Waals surface area contributed by atoms with E-state index in [9.17, 15) is 14.7 Å². The highest BCUT2D eigenvalue weighted by Crippen LogP contribution is 2.31. The molecule has 0 aliphatic rings. The predicted molar refractivity (Wildman–Crippen MR) is 90.4 cm³/mol. The number of aliphatic hydroxyl groups is 1. The molecular weight excluding hydrogens is 306 g/mol. The lowest BCUT2D eigenvalue weighted by Gasteiger charge is -2.33. The lowest BCUT2D eigenvalue weighted by molar-refractivity contribution is -0.149. The Morgan fingerprint density at radius 2 is 1.42 bits per heavy atom. The minimum absolute atomic E-state index is 0.0483. The monoisotopic (exact) mass is 327 g/mol. The molecule has 0 saturated carbocycles. The number of rotatable bonds is 7. The number of carboxylic acids is 1. The van der Waals surface area contributed by atoms with Crippen molar-refractivity contribution in [1.82, 2.24) is 4.90 Å². The molecule has 2 N–H and O–H groups in total. The first-order valence-electron chi connectivity index (χ1n) is 7.84. The van der Waals surface area contributed by atoms with Gasteiger partial charge in [0.25, 0.3) is 5.91 Å². The number of amides is 1. The lowest BCUT2D eigenvalue weighted by atomic mass is 9.85.